The van der Waals surface area contributed by atoms with Crippen molar-refractivity contribution >= 4 is 63.5 Å². The molecule has 1 aliphatic heterocycles. The quantitative estimate of drug-likeness (QED) is 0.479. The van der Waals surface area contributed by atoms with E-state index in [1.807, 2.05) is 6.92 Å². The molecule has 2 aromatic carbocycles. The molecule has 1 saturated heterocycles. The molecule has 3 rings (SSSR count). The summed E-state index contributed by atoms with van der Waals surface area (Å²) in [6.07, 6.45) is 1.75. The maximum atomic E-state index is 12.2. The number of carbonyl (C=O) groups is 2. The third-order valence-corrected chi connectivity index (χ3v) is 5.74. The molecule has 156 valence electrons. The number of anilines is 1. The fourth-order valence-corrected chi connectivity index (χ4v) is 3.98. The summed E-state index contributed by atoms with van der Waals surface area (Å²) in [7, 11) is 1.65. The molecule has 0 bridgehead atoms. The van der Waals surface area contributed by atoms with E-state index in [2.05, 4.69) is 5.32 Å². The second kappa shape index (κ2) is 9.97. The first kappa shape index (κ1) is 22.1. The monoisotopic (exact) mass is 462 g/mol. The maximum Gasteiger partial charge on any atom is 0.265 e. The van der Waals surface area contributed by atoms with Gasteiger partial charge in [-0.25, -0.2) is 0 Å². The Hall–Kier alpha value is -2.55. The molecule has 30 heavy (non-hydrogen) atoms. The van der Waals surface area contributed by atoms with Crippen molar-refractivity contribution in [2.24, 2.45) is 0 Å². The van der Waals surface area contributed by atoms with Crippen LogP contribution in [0.4, 0.5) is 5.69 Å². The zero-order chi connectivity index (χ0) is 21.7. The Morgan fingerprint density at radius 3 is 2.70 bits per heavy atom. The smallest absolute Gasteiger partial charge is 0.265 e. The average Bonchev–Trinajstić information content (AvgIpc) is 2.94. The van der Waals surface area contributed by atoms with Crippen LogP contribution in [0, 0.1) is 0 Å². The number of halogens is 1. The summed E-state index contributed by atoms with van der Waals surface area (Å²) in [4.78, 5) is 26.3. The van der Waals surface area contributed by atoms with Gasteiger partial charge in [0.1, 0.15) is 4.32 Å². The van der Waals surface area contributed by atoms with Gasteiger partial charge in [0, 0.05) is 17.8 Å². The van der Waals surface area contributed by atoms with E-state index in [9.17, 15) is 9.59 Å². The zero-order valence-corrected chi connectivity index (χ0v) is 18.7. The number of hydrogen-bond acceptors (Lipinski definition) is 6. The molecule has 0 saturated carbocycles. The first-order valence-corrected chi connectivity index (χ1v) is 10.6. The first-order chi connectivity index (χ1) is 14.4. The number of ether oxygens (including phenoxy) is 2. The van der Waals surface area contributed by atoms with Gasteiger partial charge in [-0.15, -0.1) is 0 Å². The molecule has 1 heterocycles. The van der Waals surface area contributed by atoms with Crippen LogP contribution in [-0.4, -0.2) is 41.3 Å². The first-order valence-electron chi connectivity index (χ1n) is 9.04. The lowest BCUT2D eigenvalue weighted by atomic mass is 10.2. The summed E-state index contributed by atoms with van der Waals surface area (Å²) in [5.74, 6) is 0.448. The van der Waals surface area contributed by atoms with Gasteiger partial charge in [0.25, 0.3) is 11.8 Å². The lowest BCUT2D eigenvalue weighted by Crippen LogP contribution is -2.22. The van der Waals surface area contributed by atoms with Crippen molar-refractivity contribution in [3.63, 3.8) is 0 Å². The van der Waals surface area contributed by atoms with Crippen molar-refractivity contribution in [3.05, 3.63) is 58.0 Å². The molecule has 0 radical (unpaired) electrons. The Morgan fingerprint density at radius 1 is 1.23 bits per heavy atom. The summed E-state index contributed by atoms with van der Waals surface area (Å²) in [6, 6.07) is 12.1. The number of nitrogens with zero attached hydrogens (tertiary/aromatic N) is 1. The summed E-state index contributed by atoms with van der Waals surface area (Å²) in [5.41, 5.74) is 1.35. The molecule has 0 unspecified atom stereocenters. The van der Waals surface area contributed by atoms with Crippen LogP contribution in [0.15, 0.2) is 47.4 Å². The van der Waals surface area contributed by atoms with Crippen molar-refractivity contribution in [1.82, 2.24) is 4.90 Å². The Bertz CT molecular complexity index is 1030. The Labute approximate surface area is 189 Å². The molecule has 1 fully saturated rings. The van der Waals surface area contributed by atoms with Crippen molar-refractivity contribution in [1.29, 1.82) is 0 Å². The highest BCUT2D eigenvalue weighted by atomic mass is 35.5. The standard InChI is InChI=1S/C21H19ClN2O4S2/c1-3-27-17-9-13(10-18-20(26)24(2)21(29)30-18)7-8-16(17)28-12-19(25)23-15-6-4-5-14(22)11-15/h4-11H,3,12H2,1-2H3,(H,23,25)/b18-10+. The number of rotatable bonds is 7. The molecule has 2 aromatic rings. The molecular weight excluding hydrogens is 444 g/mol. The van der Waals surface area contributed by atoms with Crippen molar-refractivity contribution in [2.75, 3.05) is 25.6 Å². The third-order valence-electron chi connectivity index (χ3n) is 4.02. The normalized spacial score (nSPS) is 14.9. The van der Waals surface area contributed by atoms with E-state index >= 15 is 0 Å². The molecule has 0 aliphatic carbocycles. The van der Waals surface area contributed by atoms with Crippen LogP contribution in [-0.2, 0) is 9.59 Å². The summed E-state index contributed by atoms with van der Waals surface area (Å²) >= 11 is 12.3. The zero-order valence-electron chi connectivity index (χ0n) is 16.3. The van der Waals surface area contributed by atoms with E-state index in [4.69, 9.17) is 33.3 Å². The minimum absolute atomic E-state index is 0.138. The number of amides is 2. The van der Waals surface area contributed by atoms with E-state index in [0.29, 0.717) is 38.0 Å². The number of hydrogen-bond donors (Lipinski definition) is 1. The van der Waals surface area contributed by atoms with Crippen LogP contribution < -0.4 is 14.8 Å². The molecule has 0 atom stereocenters. The molecule has 1 aliphatic rings. The van der Waals surface area contributed by atoms with Crippen LogP contribution in [0.2, 0.25) is 5.02 Å². The molecule has 0 aromatic heterocycles. The topological polar surface area (TPSA) is 67.9 Å². The van der Waals surface area contributed by atoms with Gasteiger partial charge in [0.2, 0.25) is 0 Å². The van der Waals surface area contributed by atoms with E-state index in [-0.39, 0.29) is 18.4 Å². The van der Waals surface area contributed by atoms with Gasteiger partial charge in [-0.1, -0.05) is 47.7 Å². The Balaban J connectivity index is 1.70. The number of nitrogens with one attached hydrogen (secondary N) is 1. The lowest BCUT2D eigenvalue weighted by Gasteiger charge is -2.13. The van der Waals surface area contributed by atoms with Crippen LogP contribution in [0.5, 0.6) is 11.5 Å². The maximum absolute atomic E-state index is 12.2. The second-order valence-corrected chi connectivity index (χ2v) is 8.34. The van der Waals surface area contributed by atoms with Gasteiger partial charge < -0.3 is 14.8 Å². The Morgan fingerprint density at radius 2 is 2.03 bits per heavy atom. The van der Waals surface area contributed by atoms with E-state index in [1.165, 1.54) is 16.7 Å². The minimum Gasteiger partial charge on any atom is -0.490 e. The van der Waals surface area contributed by atoms with Gasteiger partial charge in [-0.3, -0.25) is 14.5 Å². The van der Waals surface area contributed by atoms with E-state index in [1.54, 1.807) is 55.6 Å². The summed E-state index contributed by atoms with van der Waals surface area (Å²) < 4.78 is 11.8. The highest BCUT2D eigenvalue weighted by molar-refractivity contribution is 8.26. The van der Waals surface area contributed by atoms with Gasteiger partial charge in [-0.05, 0) is 48.9 Å². The Kier molecular flexibility index (Phi) is 7.36. The third kappa shape index (κ3) is 5.53. The predicted octanol–water partition coefficient (Wildman–Crippen LogP) is 4.59. The highest BCUT2D eigenvalue weighted by Crippen LogP contribution is 2.34. The van der Waals surface area contributed by atoms with E-state index < -0.39 is 0 Å². The van der Waals surface area contributed by atoms with Gasteiger partial charge in [0.15, 0.2) is 18.1 Å². The van der Waals surface area contributed by atoms with Crippen molar-refractivity contribution < 1.29 is 19.1 Å². The number of thioether (sulfide) groups is 1. The van der Waals surface area contributed by atoms with Crippen LogP contribution in [0.25, 0.3) is 6.08 Å². The van der Waals surface area contributed by atoms with Gasteiger partial charge in [-0.2, -0.15) is 0 Å². The lowest BCUT2D eigenvalue weighted by molar-refractivity contribution is -0.121. The average molecular weight is 463 g/mol. The number of benzene rings is 2. The van der Waals surface area contributed by atoms with E-state index in [0.717, 1.165) is 5.56 Å². The second-order valence-electron chi connectivity index (χ2n) is 6.23. The van der Waals surface area contributed by atoms with Gasteiger partial charge >= 0.3 is 0 Å². The SMILES string of the molecule is CCOc1cc(/C=C2/SC(=S)N(C)C2=O)ccc1OCC(=O)Nc1cccc(Cl)c1. The van der Waals surface area contributed by atoms with Crippen LogP contribution in [0.1, 0.15) is 12.5 Å². The van der Waals surface area contributed by atoms with Crippen LogP contribution in [0.3, 0.4) is 0 Å². The molecule has 1 N–H and O–H groups in total. The molecule has 2 amide bonds. The number of carbonyl (C=O) groups excluding carboxylic acids is 2. The highest BCUT2D eigenvalue weighted by Gasteiger charge is 2.28. The van der Waals surface area contributed by atoms with Crippen LogP contribution >= 0.6 is 35.6 Å². The van der Waals surface area contributed by atoms with Gasteiger partial charge in [0.05, 0.1) is 11.5 Å². The predicted molar refractivity (Wildman–Crippen MR) is 124 cm³/mol. The fourth-order valence-electron chi connectivity index (χ4n) is 2.61. The van der Waals surface area contributed by atoms with Crippen molar-refractivity contribution in [3.8, 4) is 11.5 Å². The van der Waals surface area contributed by atoms with Crippen molar-refractivity contribution in [2.45, 2.75) is 6.92 Å². The largest absolute Gasteiger partial charge is 0.490 e. The molecule has 0 spiro atoms. The minimum atomic E-state index is -0.324. The summed E-state index contributed by atoms with van der Waals surface area (Å²) in [5, 5.41) is 3.25. The summed E-state index contributed by atoms with van der Waals surface area (Å²) in [6.45, 7) is 2.08. The fraction of sp³-hybridized carbons (Fsp3) is 0.190. The number of thiocarbonyl (C=S) groups is 1. The molecule has 6 nitrogen and oxygen atoms in total. The molecular formula is C21H19ClN2O4S2. The number of likely N-dealkylation sites (N-methyl/N-ethyl adjacent to an activating group) is 1. The molecule has 9 heteroatoms.